The average molecular weight is 897 g/mol. The van der Waals surface area contributed by atoms with E-state index in [0.717, 1.165) is 21.9 Å². The van der Waals surface area contributed by atoms with Crippen LogP contribution in [-0.4, -0.2) is 51.4 Å². The van der Waals surface area contributed by atoms with Gasteiger partial charge in [0.25, 0.3) is 11.8 Å². The number of alkyl halides is 2. The van der Waals surface area contributed by atoms with Gasteiger partial charge in [0.1, 0.15) is 5.82 Å². The van der Waals surface area contributed by atoms with Gasteiger partial charge in [-0.2, -0.15) is 0 Å². The number of halogens is 5. The maximum Gasteiger partial charge on any atom is 0.258 e. The number of carbonyl (C=O) groups excluding carboxylic acids is 5. The van der Waals surface area contributed by atoms with Crippen molar-refractivity contribution >= 4 is 95.8 Å². The molecule has 0 radical (unpaired) electrons. The predicted molar refractivity (Wildman–Crippen MR) is 205 cm³/mol. The summed E-state index contributed by atoms with van der Waals surface area (Å²) in [4.78, 5) is 68.6. The van der Waals surface area contributed by atoms with Crippen LogP contribution >= 0.6 is 55.1 Å². The fraction of sp³-hybridized carbons (Fsp3) is 0.225. The highest BCUT2D eigenvalue weighted by atomic mass is 79.9. The molecule has 4 amide bonds. The van der Waals surface area contributed by atoms with Gasteiger partial charge in [-0.05, 0) is 111 Å². The topological polar surface area (TPSA) is 121 Å². The largest absolute Gasteiger partial charge is 0.503 e. The van der Waals surface area contributed by atoms with Crippen molar-refractivity contribution in [3.8, 4) is 11.5 Å². The Morgan fingerprint density at radius 3 is 2.09 bits per heavy atom. The van der Waals surface area contributed by atoms with Crippen molar-refractivity contribution in [1.82, 2.24) is 0 Å². The van der Waals surface area contributed by atoms with Crippen molar-refractivity contribution in [3.05, 3.63) is 128 Å². The first-order chi connectivity index (χ1) is 25.7. The summed E-state index contributed by atoms with van der Waals surface area (Å²) in [7, 11) is 1.34. The number of ketones is 1. The first kappa shape index (κ1) is 36.6. The molecule has 1 saturated carbocycles. The molecule has 2 aliphatic carbocycles. The number of anilines is 2. The summed E-state index contributed by atoms with van der Waals surface area (Å²) < 4.78 is 19.9. The van der Waals surface area contributed by atoms with Crippen LogP contribution < -0.4 is 14.5 Å². The molecule has 4 aliphatic rings. The van der Waals surface area contributed by atoms with Gasteiger partial charge in [-0.25, -0.2) is 9.29 Å². The normalized spacial score (nSPS) is 27.4. The zero-order valence-corrected chi connectivity index (χ0v) is 32.7. The average Bonchev–Trinajstić information content (AvgIpc) is 3.52. The summed E-state index contributed by atoms with van der Waals surface area (Å²) in [5, 5.41) is 10.8. The lowest BCUT2D eigenvalue weighted by Gasteiger charge is -2.51. The number of carbonyl (C=O) groups is 5. The molecule has 54 heavy (non-hydrogen) atoms. The molecule has 4 aromatic carbocycles. The van der Waals surface area contributed by atoms with E-state index in [1.54, 1.807) is 60.7 Å². The van der Waals surface area contributed by atoms with E-state index in [2.05, 4.69) is 31.9 Å². The van der Waals surface area contributed by atoms with Crippen LogP contribution in [0.25, 0.3) is 0 Å². The Morgan fingerprint density at radius 2 is 1.44 bits per heavy atom. The minimum Gasteiger partial charge on any atom is -0.503 e. The van der Waals surface area contributed by atoms with Crippen LogP contribution in [0.2, 0.25) is 0 Å². The first-order valence-corrected chi connectivity index (χ1v) is 19.1. The van der Waals surface area contributed by atoms with E-state index in [0.29, 0.717) is 22.3 Å². The third kappa shape index (κ3) is 5.09. The molecule has 4 aromatic rings. The minimum atomic E-state index is -2.20. The van der Waals surface area contributed by atoms with E-state index >= 15 is 0 Å². The van der Waals surface area contributed by atoms with Crippen LogP contribution in [-0.2, 0) is 19.2 Å². The zero-order valence-electron chi connectivity index (χ0n) is 28.1. The number of imide groups is 2. The van der Waals surface area contributed by atoms with Crippen molar-refractivity contribution < 1.29 is 38.2 Å². The fourth-order valence-corrected chi connectivity index (χ4v) is 10.4. The molecule has 14 heteroatoms. The fourth-order valence-electron chi connectivity index (χ4n) is 8.49. The molecule has 0 aromatic heterocycles. The van der Waals surface area contributed by atoms with E-state index in [-0.39, 0.29) is 50.4 Å². The van der Waals surface area contributed by atoms with Crippen molar-refractivity contribution in [1.29, 1.82) is 0 Å². The second kappa shape index (κ2) is 13.1. The van der Waals surface area contributed by atoms with Crippen LogP contribution in [0.1, 0.15) is 40.2 Å². The van der Waals surface area contributed by atoms with E-state index in [9.17, 15) is 33.5 Å². The van der Waals surface area contributed by atoms with Crippen molar-refractivity contribution in [3.63, 3.8) is 0 Å². The number of methoxy groups -OCH3 is 1. The third-order valence-electron chi connectivity index (χ3n) is 11.0. The molecule has 3 fully saturated rings. The number of benzene rings is 4. The highest BCUT2D eigenvalue weighted by Gasteiger charge is 2.77. The molecule has 2 saturated heterocycles. The lowest BCUT2D eigenvalue weighted by Crippen LogP contribution is -2.60. The van der Waals surface area contributed by atoms with Gasteiger partial charge < -0.3 is 9.84 Å². The Kier molecular flexibility index (Phi) is 8.91. The summed E-state index contributed by atoms with van der Waals surface area (Å²) in [6.45, 7) is 0. The highest BCUT2D eigenvalue weighted by molar-refractivity contribution is 9.13. The van der Waals surface area contributed by atoms with Crippen LogP contribution in [0.3, 0.4) is 0 Å². The van der Waals surface area contributed by atoms with Crippen molar-refractivity contribution in [2.45, 2.75) is 28.5 Å². The molecule has 0 unspecified atom stereocenters. The number of fused-ring (bicyclic) bond motifs is 4. The van der Waals surface area contributed by atoms with Gasteiger partial charge in [0.15, 0.2) is 27.0 Å². The van der Waals surface area contributed by atoms with E-state index in [1.807, 2.05) is 0 Å². The van der Waals surface area contributed by atoms with Gasteiger partial charge in [-0.15, -0.1) is 23.2 Å². The quantitative estimate of drug-likeness (QED) is 0.0900. The molecule has 0 bridgehead atoms. The van der Waals surface area contributed by atoms with Crippen LogP contribution in [0.5, 0.6) is 11.5 Å². The van der Waals surface area contributed by atoms with Gasteiger partial charge in [0.2, 0.25) is 11.8 Å². The lowest BCUT2D eigenvalue weighted by atomic mass is 9.56. The van der Waals surface area contributed by atoms with Crippen LogP contribution in [0, 0.1) is 23.6 Å². The molecule has 1 N–H and O–H groups in total. The number of phenolic OH excluding ortho intramolecular Hbond substituents is 1. The molecule has 2 heterocycles. The van der Waals surface area contributed by atoms with Crippen molar-refractivity contribution in [2.75, 3.05) is 16.9 Å². The van der Waals surface area contributed by atoms with E-state index in [4.69, 9.17) is 27.9 Å². The number of aromatic hydroxyl groups is 1. The second-order valence-electron chi connectivity index (χ2n) is 13.6. The zero-order chi connectivity index (χ0) is 38.4. The number of phenols is 1. The van der Waals surface area contributed by atoms with Gasteiger partial charge >= 0.3 is 0 Å². The maximum absolute atomic E-state index is 14.7. The third-order valence-corrected chi connectivity index (χ3v) is 14.6. The molecule has 274 valence electrons. The molecule has 0 spiro atoms. The predicted octanol–water partition coefficient (Wildman–Crippen LogP) is 8.06. The lowest BCUT2D eigenvalue weighted by molar-refractivity contribution is -0.125. The monoisotopic (exact) mass is 894 g/mol. The number of nitrogens with zero attached hydrogens (tertiary/aromatic N) is 2. The van der Waals surface area contributed by atoms with Gasteiger partial charge in [-0.1, -0.05) is 42.0 Å². The first-order valence-electron chi connectivity index (χ1n) is 16.8. The summed E-state index contributed by atoms with van der Waals surface area (Å²) in [6, 6.07) is 21.2. The molecule has 6 atom stereocenters. The number of ether oxygens (including phenoxy) is 1. The van der Waals surface area contributed by atoms with E-state index in [1.165, 1.54) is 25.3 Å². The number of hydrogen-bond acceptors (Lipinski definition) is 7. The molecular formula is C40H27Br2Cl2FN2O7. The molecule has 2 aliphatic heterocycles. The standard InChI is InChI=1S/C40H27Br2Cl2FN2O7/c1-54-28-17-26(31(41)32(42)34(28)49)30-24-15-16-25-29(27(24)18-39(43)37(52)47(38(53)40(30,39)44)23-13-9-21(45)10-14-23)36(51)46(35(25)50)22-11-7-20(8-12-22)33(48)19-5-3-2-4-6-19/h2-15,17,25,27,29-30,49H,16,18H2,1H3/t25-,27+,29-,30+,39+,40-/m0/s1. The smallest absolute Gasteiger partial charge is 0.258 e. The van der Waals surface area contributed by atoms with Crippen LogP contribution in [0.4, 0.5) is 15.8 Å². The van der Waals surface area contributed by atoms with Gasteiger partial charge in [0, 0.05) is 21.5 Å². The molecular weight excluding hydrogens is 870 g/mol. The Balaban J connectivity index is 1.24. The highest BCUT2D eigenvalue weighted by Crippen LogP contribution is 2.67. The Morgan fingerprint density at radius 1 is 0.833 bits per heavy atom. The summed E-state index contributed by atoms with van der Waals surface area (Å²) in [5.74, 6) is -7.61. The number of allylic oxidation sites excluding steroid dienone is 2. The summed E-state index contributed by atoms with van der Waals surface area (Å²) in [5.41, 5.74) is 2.01. The van der Waals surface area contributed by atoms with E-state index < -0.39 is 62.9 Å². The number of rotatable bonds is 6. The Hall–Kier alpha value is -4.36. The van der Waals surface area contributed by atoms with Crippen molar-refractivity contribution in [2.24, 2.45) is 17.8 Å². The minimum absolute atomic E-state index is 0.0246. The van der Waals surface area contributed by atoms with Crippen LogP contribution in [0.15, 0.2) is 106 Å². The SMILES string of the molecule is COc1cc([C@H]2C3=CC[C@@H]4C(=O)N(c5ccc(C(=O)c6ccccc6)cc5)C(=O)[C@@H]4[C@@H]3C[C@@]3(Cl)C(=O)N(c4ccc(F)cc4)C(=O)[C@@]23Cl)c(Br)c(Br)c1O. The second-order valence-corrected chi connectivity index (χ2v) is 16.5. The Bertz CT molecular complexity index is 2340. The molecule has 8 rings (SSSR count). The number of hydrogen-bond donors (Lipinski definition) is 1. The Labute approximate surface area is 334 Å². The summed E-state index contributed by atoms with van der Waals surface area (Å²) >= 11 is 21.9. The summed E-state index contributed by atoms with van der Waals surface area (Å²) in [6.07, 6.45) is 1.61. The maximum atomic E-state index is 14.7. The van der Waals surface area contributed by atoms with Gasteiger partial charge in [-0.3, -0.25) is 28.9 Å². The number of amides is 4. The molecule has 9 nitrogen and oxygen atoms in total. The van der Waals surface area contributed by atoms with Gasteiger partial charge in [0.05, 0.1) is 34.8 Å².